The lowest BCUT2D eigenvalue weighted by Gasteiger charge is -2.34. The highest BCUT2D eigenvalue weighted by molar-refractivity contribution is 7.87. The summed E-state index contributed by atoms with van der Waals surface area (Å²) in [5.41, 5.74) is 0. The zero-order chi connectivity index (χ0) is 16.2. The molecule has 0 aromatic heterocycles. The molecule has 0 spiro atoms. The number of nitrogens with zero attached hydrogens (tertiary/aromatic N) is 1. The summed E-state index contributed by atoms with van der Waals surface area (Å²) in [6, 6.07) is 6.92. The summed E-state index contributed by atoms with van der Waals surface area (Å²) in [7, 11) is -3.51. The van der Waals surface area contributed by atoms with Gasteiger partial charge in [-0.25, -0.2) is 0 Å². The Morgan fingerprint density at radius 1 is 1.27 bits per heavy atom. The maximum atomic E-state index is 12.2. The number of hydrogen-bond acceptors (Lipinski definition) is 4. The molecule has 8 heteroatoms. The van der Waals surface area contributed by atoms with Gasteiger partial charge in [0.15, 0.2) is 0 Å². The molecule has 1 aromatic rings. The third kappa shape index (κ3) is 5.10. The summed E-state index contributed by atoms with van der Waals surface area (Å²) in [6.07, 6.45) is -0.212. The first-order valence-electron chi connectivity index (χ1n) is 7.15. The summed E-state index contributed by atoms with van der Waals surface area (Å²) in [6.45, 7) is 4.89. The normalized spacial score (nSPS) is 23.4. The quantitative estimate of drug-likeness (QED) is 0.794. The predicted molar refractivity (Wildman–Crippen MR) is 85.5 cm³/mol. The molecule has 2 atom stereocenters. The molecule has 0 bridgehead atoms. The molecule has 1 heterocycles. The highest BCUT2D eigenvalue weighted by atomic mass is 35.5. The van der Waals surface area contributed by atoms with Gasteiger partial charge in [-0.15, -0.1) is 0 Å². The van der Waals surface area contributed by atoms with Crippen molar-refractivity contribution >= 4 is 21.8 Å². The molecule has 2 rings (SSSR count). The molecule has 1 aliphatic heterocycles. The van der Waals surface area contributed by atoms with Crippen LogP contribution in [0.3, 0.4) is 0 Å². The van der Waals surface area contributed by atoms with Gasteiger partial charge >= 0.3 is 0 Å². The second-order valence-corrected chi connectivity index (χ2v) is 7.47. The molecule has 1 aliphatic rings. The molecule has 0 aliphatic carbocycles. The smallest absolute Gasteiger partial charge is 0.279 e. The number of benzene rings is 1. The Bertz CT molecular complexity index is 569. The highest BCUT2D eigenvalue weighted by Gasteiger charge is 2.30. The van der Waals surface area contributed by atoms with Crippen LogP contribution in [0.4, 0.5) is 0 Å². The van der Waals surface area contributed by atoms with Gasteiger partial charge in [0.1, 0.15) is 12.4 Å². The van der Waals surface area contributed by atoms with E-state index in [2.05, 4.69) is 4.72 Å². The lowest BCUT2D eigenvalue weighted by Crippen LogP contribution is -2.52. The Morgan fingerprint density at radius 2 is 1.86 bits per heavy atom. The minimum absolute atomic E-state index is 0.106. The molecule has 0 radical (unpaired) electrons. The molecular weight excluding hydrogens is 328 g/mol. The Hall–Kier alpha value is -0.860. The van der Waals surface area contributed by atoms with Crippen molar-refractivity contribution in [2.45, 2.75) is 26.1 Å². The molecule has 0 unspecified atom stereocenters. The third-order valence-corrected chi connectivity index (χ3v) is 4.99. The Morgan fingerprint density at radius 3 is 2.45 bits per heavy atom. The minimum Gasteiger partial charge on any atom is -0.492 e. The topological polar surface area (TPSA) is 67.9 Å². The van der Waals surface area contributed by atoms with Gasteiger partial charge in [0.25, 0.3) is 10.2 Å². The van der Waals surface area contributed by atoms with Gasteiger partial charge in [-0.1, -0.05) is 11.6 Å². The van der Waals surface area contributed by atoms with Gasteiger partial charge in [0.2, 0.25) is 0 Å². The van der Waals surface area contributed by atoms with Gasteiger partial charge in [-0.05, 0) is 38.1 Å². The van der Waals surface area contributed by atoms with Crippen LogP contribution < -0.4 is 9.46 Å². The van der Waals surface area contributed by atoms with Crippen LogP contribution in [0, 0.1) is 0 Å². The van der Waals surface area contributed by atoms with Gasteiger partial charge in [-0.2, -0.15) is 17.4 Å². The van der Waals surface area contributed by atoms with Crippen LogP contribution in [-0.4, -0.2) is 51.2 Å². The molecule has 6 nitrogen and oxygen atoms in total. The fourth-order valence-electron chi connectivity index (χ4n) is 2.29. The second kappa shape index (κ2) is 7.61. The Labute approximate surface area is 136 Å². The van der Waals surface area contributed by atoms with E-state index in [1.807, 2.05) is 13.8 Å². The number of rotatable bonds is 6. The van der Waals surface area contributed by atoms with Crippen LogP contribution in [-0.2, 0) is 14.9 Å². The number of hydrogen-bond donors (Lipinski definition) is 1. The first-order chi connectivity index (χ1) is 10.4. The van der Waals surface area contributed by atoms with E-state index in [1.165, 1.54) is 4.31 Å². The van der Waals surface area contributed by atoms with E-state index in [-0.39, 0.29) is 25.4 Å². The first-order valence-corrected chi connectivity index (χ1v) is 8.97. The van der Waals surface area contributed by atoms with Crippen LogP contribution in [0.1, 0.15) is 13.8 Å². The molecule has 1 aromatic carbocycles. The lowest BCUT2D eigenvalue weighted by molar-refractivity contribution is -0.0444. The van der Waals surface area contributed by atoms with Crippen molar-refractivity contribution in [3.63, 3.8) is 0 Å². The third-order valence-electron chi connectivity index (χ3n) is 3.19. The van der Waals surface area contributed by atoms with Gasteiger partial charge in [0.05, 0.1) is 12.2 Å². The van der Waals surface area contributed by atoms with Crippen LogP contribution in [0.5, 0.6) is 5.75 Å². The molecule has 1 N–H and O–H groups in total. The summed E-state index contributed by atoms with van der Waals surface area (Å²) in [5, 5.41) is 0.628. The molecule has 22 heavy (non-hydrogen) atoms. The van der Waals surface area contributed by atoms with Gasteiger partial charge in [0, 0.05) is 24.7 Å². The van der Waals surface area contributed by atoms with Crippen molar-refractivity contribution in [2.24, 2.45) is 0 Å². The second-order valence-electron chi connectivity index (χ2n) is 5.28. The van der Waals surface area contributed by atoms with E-state index in [4.69, 9.17) is 21.1 Å². The average Bonchev–Trinajstić information content (AvgIpc) is 2.44. The first kappa shape index (κ1) is 17.5. The minimum atomic E-state index is -3.51. The number of morpholine rings is 1. The van der Waals surface area contributed by atoms with E-state index in [0.717, 1.165) is 0 Å². The van der Waals surface area contributed by atoms with E-state index >= 15 is 0 Å². The molecule has 1 fully saturated rings. The van der Waals surface area contributed by atoms with Crippen molar-refractivity contribution in [2.75, 3.05) is 26.2 Å². The summed E-state index contributed by atoms with van der Waals surface area (Å²) < 4.78 is 39.4. The average molecular weight is 349 g/mol. The fourth-order valence-corrected chi connectivity index (χ4v) is 3.75. The fraction of sp³-hybridized carbons (Fsp3) is 0.571. The van der Waals surface area contributed by atoms with Crippen LogP contribution in [0.2, 0.25) is 5.02 Å². The Balaban J connectivity index is 1.78. The van der Waals surface area contributed by atoms with Crippen molar-refractivity contribution in [3.8, 4) is 5.75 Å². The van der Waals surface area contributed by atoms with Gasteiger partial charge in [-0.3, -0.25) is 0 Å². The zero-order valence-corrected chi connectivity index (χ0v) is 14.2. The SMILES string of the molecule is C[C@@H]1CN(S(=O)(=O)NCCOc2ccc(Cl)cc2)C[C@@H](C)O1. The van der Waals surface area contributed by atoms with Crippen molar-refractivity contribution in [1.29, 1.82) is 0 Å². The van der Waals surface area contributed by atoms with Crippen molar-refractivity contribution < 1.29 is 17.9 Å². The summed E-state index contributed by atoms with van der Waals surface area (Å²) in [5.74, 6) is 0.650. The van der Waals surface area contributed by atoms with E-state index in [1.54, 1.807) is 24.3 Å². The molecular formula is C14H21ClN2O4S. The highest BCUT2D eigenvalue weighted by Crippen LogP contribution is 2.15. The van der Waals surface area contributed by atoms with Crippen LogP contribution in [0.25, 0.3) is 0 Å². The summed E-state index contributed by atoms with van der Waals surface area (Å²) in [4.78, 5) is 0. The Kier molecular flexibility index (Phi) is 6.05. The summed E-state index contributed by atoms with van der Waals surface area (Å²) >= 11 is 5.78. The lowest BCUT2D eigenvalue weighted by atomic mass is 10.3. The standard InChI is InChI=1S/C14H21ClN2O4S/c1-11-9-17(10-12(2)21-11)22(18,19)16-7-8-20-14-5-3-13(15)4-6-14/h3-6,11-12,16H,7-10H2,1-2H3/t11-,12-/m1/s1. The zero-order valence-electron chi connectivity index (χ0n) is 12.7. The molecule has 124 valence electrons. The van der Waals surface area contributed by atoms with Crippen molar-refractivity contribution in [1.82, 2.24) is 9.03 Å². The van der Waals surface area contributed by atoms with E-state index < -0.39 is 10.2 Å². The largest absolute Gasteiger partial charge is 0.492 e. The maximum Gasteiger partial charge on any atom is 0.279 e. The van der Waals surface area contributed by atoms with Gasteiger partial charge < -0.3 is 9.47 Å². The maximum absolute atomic E-state index is 12.2. The molecule has 0 saturated carbocycles. The van der Waals surface area contributed by atoms with E-state index in [9.17, 15) is 8.42 Å². The molecule has 1 saturated heterocycles. The molecule has 0 amide bonds. The van der Waals surface area contributed by atoms with Crippen LogP contribution in [0.15, 0.2) is 24.3 Å². The number of halogens is 1. The predicted octanol–water partition coefficient (Wildman–Crippen LogP) is 1.66. The van der Waals surface area contributed by atoms with Crippen molar-refractivity contribution in [3.05, 3.63) is 29.3 Å². The number of nitrogens with one attached hydrogen (secondary N) is 1. The van der Waals surface area contributed by atoms with E-state index in [0.29, 0.717) is 23.9 Å². The number of ether oxygens (including phenoxy) is 2. The monoisotopic (exact) mass is 348 g/mol. The van der Waals surface area contributed by atoms with Crippen LogP contribution >= 0.6 is 11.6 Å².